The van der Waals surface area contributed by atoms with Crippen LogP contribution < -0.4 is 5.32 Å². The van der Waals surface area contributed by atoms with E-state index in [1.807, 2.05) is 13.0 Å². The number of hydrogen-bond donors (Lipinski definition) is 1. The van der Waals surface area contributed by atoms with Crippen LogP contribution >= 0.6 is 0 Å². The van der Waals surface area contributed by atoms with Crippen molar-refractivity contribution in [2.75, 3.05) is 13.1 Å². The van der Waals surface area contributed by atoms with Crippen molar-refractivity contribution in [3.63, 3.8) is 0 Å². The number of nitrogens with zero attached hydrogens (tertiary/aromatic N) is 1. The van der Waals surface area contributed by atoms with Crippen molar-refractivity contribution in [2.24, 2.45) is 5.41 Å². The van der Waals surface area contributed by atoms with E-state index in [0.717, 1.165) is 5.56 Å². The second kappa shape index (κ2) is 8.24. The molecule has 1 saturated heterocycles. The maximum atomic E-state index is 13.3. The number of amides is 1. The molecular formula is C22H27FN2O3S. The minimum atomic E-state index is -3.69. The molecule has 0 saturated carbocycles. The molecule has 1 N–H and O–H groups in total. The van der Waals surface area contributed by atoms with Gasteiger partial charge in [-0.3, -0.25) is 4.79 Å². The van der Waals surface area contributed by atoms with Crippen molar-refractivity contribution < 1.29 is 17.6 Å². The minimum Gasteiger partial charge on any atom is -0.352 e. The molecule has 2 aromatic rings. The molecule has 1 aliphatic heterocycles. The highest BCUT2D eigenvalue weighted by molar-refractivity contribution is 7.89. The van der Waals surface area contributed by atoms with Crippen LogP contribution in [0.15, 0.2) is 47.4 Å². The normalized spacial score (nSPS) is 20.4. The van der Waals surface area contributed by atoms with Crippen LogP contribution in [0.1, 0.15) is 36.5 Å². The van der Waals surface area contributed by atoms with Crippen LogP contribution in [0.3, 0.4) is 0 Å². The molecule has 1 fully saturated rings. The summed E-state index contributed by atoms with van der Waals surface area (Å²) in [6, 6.07) is 11.4. The Morgan fingerprint density at radius 2 is 1.97 bits per heavy atom. The van der Waals surface area contributed by atoms with Gasteiger partial charge in [0, 0.05) is 19.6 Å². The Hall–Kier alpha value is -2.25. The Kier molecular flexibility index (Phi) is 6.10. The number of sulfonamides is 1. The van der Waals surface area contributed by atoms with Gasteiger partial charge in [-0.2, -0.15) is 4.31 Å². The predicted octanol–water partition coefficient (Wildman–Crippen LogP) is 3.55. The highest BCUT2D eigenvalue weighted by Crippen LogP contribution is 2.33. The van der Waals surface area contributed by atoms with Gasteiger partial charge in [-0.25, -0.2) is 12.8 Å². The molecular weight excluding hydrogens is 391 g/mol. The molecule has 0 bridgehead atoms. The molecule has 0 spiro atoms. The topological polar surface area (TPSA) is 66.5 Å². The fraction of sp³-hybridized carbons (Fsp3) is 0.409. The number of aryl methyl sites for hydroxylation is 2. The number of halogens is 1. The van der Waals surface area contributed by atoms with Crippen LogP contribution in [0, 0.1) is 25.1 Å². The van der Waals surface area contributed by atoms with E-state index in [0.29, 0.717) is 35.4 Å². The third-order valence-electron chi connectivity index (χ3n) is 5.51. The highest BCUT2D eigenvalue weighted by atomic mass is 32.2. The Labute approximate surface area is 172 Å². The van der Waals surface area contributed by atoms with Gasteiger partial charge in [0.25, 0.3) is 0 Å². The van der Waals surface area contributed by atoms with E-state index in [2.05, 4.69) is 5.32 Å². The second-order valence-electron chi connectivity index (χ2n) is 8.08. The zero-order chi connectivity index (χ0) is 21.2. The zero-order valence-corrected chi connectivity index (χ0v) is 17.9. The van der Waals surface area contributed by atoms with Gasteiger partial charge in [0.1, 0.15) is 5.82 Å². The molecule has 1 heterocycles. The summed E-state index contributed by atoms with van der Waals surface area (Å²) in [7, 11) is -3.69. The summed E-state index contributed by atoms with van der Waals surface area (Å²) in [6.07, 6.45) is 1.20. The van der Waals surface area contributed by atoms with Gasteiger partial charge in [0.05, 0.1) is 10.3 Å². The largest absolute Gasteiger partial charge is 0.352 e. The average Bonchev–Trinajstić information content (AvgIpc) is 2.68. The number of nitrogens with one attached hydrogen (secondary N) is 1. The molecule has 7 heteroatoms. The van der Waals surface area contributed by atoms with Crippen LogP contribution in [-0.2, 0) is 21.4 Å². The zero-order valence-electron chi connectivity index (χ0n) is 17.0. The first kappa shape index (κ1) is 21.5. The summed E-state index contributed by atoms with van der Waals surface area (Å²) in [5.41, 5.74) is 1.40. The van der Waals surface area contributed by atoms with Crippen molar-refractivity contribution in [3.05, 3.63) is 65.0 Å². The lowest BCUT2D eigenvalue weighted by Crippen LogP contribution is -2.51. The summed E-state index contributed by atoms with van der Waals surface area (Å²) in [6.45, 7) is 6.15. The monoisotopic (exact) mass is 418 g/mol. The van der Waals surface area contributed by atoms with E-state index in [1.54, 1.807) is 38.1 Å². The molecule has 1 aliphatic rings. The minimum absolute atomic E-state index is 0.123. The van der Waals surface area contributed by atoms with E-state index in [4.69, 9.17) is 0 Å². The van der Waals surface area contributed by atoms with Crippen molar-refractivity contribution >= 4 is 15.9 Å². The number of benzene rings is 2. The van der Waals surface area contributed by atoms with Crippen LogP contribution in [0.2, 0.25) is 0 Å². The van der Waals surface area contributed by atoms with Gasteiger partial charge in [0.2, 0.25) is 15.9 Å². The van der Waals surface area contributed by atoms with E-state index < -0.39 is 15.4 Å². The number of piperidine rings is 1. The Balaban J connectivity index is 1.76. The molecule has 5 nitrogen and oxygen atoms in total. The summed E-state index contributed by atoms with van der Waals surface area (Å²) >= 11 is 0. The fourth-order valence-electron chi connectivity index (χ4n) is 3.75. The molecule has 1 atom stereocenters. The van der Waals surface area contributed by atoms with E-state index in [1.165, 1.54) is 16.4 Å². The SMILES string of the molecule is Cc1ccc(C)c(S(=O)(=O)N2CCC[C@](C)(C(=O)NCc3cccc(F)c3)C2)c1. The molecule has 29 heavy (non-hydrogen) atoms. The van der Waals surface area contributed by atoms with Gasteiger partial charge < -0.3 is 5.32 Å². The van der Waals surface area contributed by atoms with Crippen LogP contribution in [0.25, 0.3) is 0 Å². The summed E-state index contributed by atoms with van der Waals surface area (Å²) in [4.78, 5) is 13.2. The molecule has 0 unspecified atom stereocenters. The molecule has 1 amide bonds. The van der Waals surface area contributed by atoms with E-state index in [-0.39, 0.29) is 24.8 Å². The van der Waals surface area contributed by atoms with Gasteiger partial charge in [-0.05, 0) is 68.5 Å². The van der Waals surface area contributed by atoms with Crippen LogP contribution in [-0.4, -0.2) is 31.7 Å². The average molecular weight is 419 g/mol. The fourth-order valence-corrected chi connectivity index (χ4v) is 5.66. The molecule has 2 aromatic carbocycles. The first-order valence-electron chi connectivity index (χ1n) is 9.72. The van der Waals surface area contributed by atoms with Gasteiger partial charge >= 0.3 is 0 Å². The van der Waals surface area contributed by atoms with Crippen molar-refractivity contribution in [3.8, 4) is 0 Å². The maximum absolute atomic E-state index is 13.3. The third kappa shape index (κ3) is 4.67. The van der Waals surface area contributed by atoms with Gasteiger partial charge in [-0.15, -0.1) is 0 Å². The number of carbonyl (C=O) groups excluding carboxylic acids is 1. The number of rotatable bonds is 5. The quantitative estimate of drug-likeness (QED) is 0.808. The van der Waals surface area contributed by atoms with Crippen LogP contribution in [0.5, 0.6) is 0 Å². The first-order valence-corrected chi connectivity index (χ1v) is 11.2. The maximum Gasteiger partial charge on any atom is 0.243 e. The standard InChI is InChI=1S/C22H27FN2O3S/c1-16-8-9-17(2)20(12-16)29(27,28)25-11-5-10-22(3,15-25)21(26)24-14-18-6-4-7-19(23)13-18/h4,6-9,12-13H,5,10-11,14-15H2,1-3H3,(H,24,26)/t22-/m0/s1. The van der Waals surface area contributed by atoms with Gasteiger partial charge in [0.15, 0.2) is 0 Å². The van der Waals surface area contributed by atoms with Crippen molar-refractivity contribution in [1.82, 2.24) is 9.62 Å². The van der Waals surface area contributed by atoms with Crippen molar-refractivity contribution in [1.29, 1.82) is 0 Å². The molecule has 0 aromatic heterocycles. The Morgan fingerprint density at radius 3 is 2.69 bits per heavy atom. The smallest absolute Gasteiger partial charge is 0.243 e. The van der Waals surface area contributed by atoms with Crippen molar-refractivity contribution in [2.45, 2.75) is 45.1 Å². The number of carbonyl (C=O) groups is 1. The lowest BCUT2D eigenvalue weighted by atomic mass is 9.82. The lowest BCUT2D eigenvalue weighted by Gasteiger charge is -2.38. The van der Waals surface area contributed by atoms with Gasteiger partial charge in [-0.1, -0.05) is 24.3 Å². The summed E-state index contributed by atoms with van der Waals surface area (Å²) in [5, 5.41) is 2.84. The molecule has 0 aliphatic carbocycles. The number of hydrogen-bond acceptors (Lipinski definition) is 3. The summed E-state index contributed by atoms with van der Waals surface area (Å²) < 4.78 is 41.2. The molecule has 3 rings (SSSR count). The van der Waals surface area contributed by atoms with E-state index >= 15 is 0 Å². The first-order chi connectivity index (χ1) is 13.6. The Morgan fingerprint density at radius 1 is 1.21 bits per heavy atom. The summed E-state index contributed by atoms with van der Waals surface area (Å²) in [5.74, 6) is -0.575. The Bertz CT molecular complexity index is 1020. The second-order valence-corrected chi connectivity index (χ2v) is 9.99. The molecule has 156 valence electrons. The van der Waals surface area contributed by atoms with E-state index in [9.17, 15) is 17.6 Å². The third-order valence-corrected chi connectivity index (χ3v) is 7.50. The predicted molar refractivity (Wildman–Crippen MR) is 110 cm³/mol. The highest BCUT2D eigenvalue weighted by Gasteiger charge is 2.42. The lowest BCUT2D eigenvalue weighted by molar-refractivity contribution is -0.132. The van der Waals surface area contributed by atoms with Crippen LogP contribution in [0.4, 0.5) is 4.39 Å². The molecule has 0 radical (unpaired) electrons.